The Kier molecular flexibility index (Phi) is 4.04. The van der Waals surface area contributed by atoms with Crippen LogP contribution in [0.1, 0.15) is 42.1 Å². The van der Waals surface area contributed by atoms with Gasteiger partial charge in [0.1, 0.15) is 16.4 Å². The largest absolute Gasteiger partial charge is 0.365 e. The van der Waals surface area contributed by atoms with Gasteiger partial charge in [-0.05, 0) is 25.0 Å². The van der Waals surface area contributed by atoms with E-state index in [1.165, 1.54) is 12.8 Å². The van der Waals surface area contributed by atoms with Crippen molar-refractivity contribution < 1.29 is 4.79 Å². The first-order valence-electron chi connectivity index (χ1n) is 6.91. The molecule has 2 N–H and O–H groups in total. The maximum Gasteiger partial charge on any atom is 0.254 e. The number of primary amides is 1. The van der Waals surface area contributed by atoms with Crippen LogP contribution in [-0.4, -0.2) is 15.7 Å². The van der Waals surface area contributed by atoms with E-state index in [4.69, 9.17) is 17.3 Å². The Labute approximate surface area is 136 Å². The van der Waals surface area contributed by atoms with Crippen molar-refractivity contribution in [2.75, 3.05) is 0 Å². The molecule has 1 saturated carbocycles. The van der Waals surface area contributed by atoms with Gasteiger partial charge in [0, 0.05) is 10.0 Å². The van der Waals surface area contributed by atoms with Gasteiger partial charge in [-0.25, -0.2) is 4.68 Å². The molecule has 3 rings (SSSR count). The standard InChI is InChI=1S/C15H15BrClN3O/c16-10-7-5-9(6-8-10)13-12(15(18)21)14(17)20(19-13)11-3-1-2-4-11/h5-8,11H,1-4H2,(H2,18,21). The molecule has 1 aliphatic carbocycles. The van der Waals surface area contributed by atoms with Gasteiger partial charge in [0.15, 0.2) is 0 Å². The average molecular weight is 369 g/mol. The Morgan fingerprint density at radius 2 is 1.90 bits per heavy atom. The third-order valence-corrected chi connectivity index (χ3v) is 4.78. The van der Waals surface area contributed by atoms with Crippen LogP contribution in [0.15, 0.2) is 28.7 Å². The molecule has 1 fully saturated rings. The maximum absolute atomic E-state index is 11.8. The topological polar surface area (TPSA) is 60.9 Å². The van der Waals surface area contributed by atoms with Crippen LogP contribution in [0.3, 0.4) is 0 Å². The Morgan fingerprint density at radius 3 is 2.48 bits per heavy atom. The normalized spacial score (nSPS) is 15.5. The van der Waals surface area contributed by atoms with Gasteiger partial charge in [-0.1, -0.05) is 52.5 Å². The molecule has 1 aliphatic rings. The van der Waals surface area contributed by atoms with Crippen LogP contribution < -0.4 is 5.73 Å². The lowest BCUT2D eigenvalue weighted by Gasteiger charge is -2.10. The summed E-state index contributed by atoms with van der Waals surface area (Å²) in [5.74, 6) is -0.540. The molecular formula is C15H15BrClN3O. The van der Waals surface area contributed by atoms with Gasteiger partial charge < -0.3 is 5.73 Å². The monoisotopic (exact) mass is 367 g/mol. The van der Waals surface area contributed by atoms with Gasteiger partial charge in [0.2, 0.25) is 0 Å². The molecule has 6 heteroatoms. The Bertz CT molecular complexity index is 675. The zero-order chi connectivity index (χ0) is 15.0. The summed E-state index contributed by atoms with van der Waals surface area (Å²) < 4.78 is 2.74. The van der Waals surface area contributed by atoms with Crippen molar-refractivity contribution in [2.24, 2.45) is 5.73 Å². The molecule has 0 bridgehead atoms. The first-order chi connectivity index (χ1) is 10.1. The fourth-order valence-electron chi connectivity index (χ4n) is 2.83. The van der Waals surface area contributed by atoms with Crippen LogP contribution in [0.25, 0.3) is 11.3 Å². The van der Waals surface area contributed by atoms with E-state index in [2.05, 4.69) is 21.0 Å². The highest BCUT2D eigenvalue weighted by Crippen LogP contribution is 2.36. The van der Waals surface area contributed by atoms with E-state index in [0.717, 1.165) is 22.9 Å². The fourth-order valence-corrected chi connectivity index (χ4v) is 3.46. The smallest absolute Gasteiger partial charge is 0.254 e. The first kappa shape index (κ1) is 14.6. The van der Waals surface area contributed by atoms with Gasteiger partial charge in [-0.2, -0.15) is 5.10 Å². The SMILES string of the molecule is NC(=O)c1c(-c2ccc(Br)cc2)nn(C2CCCC2)c1Cl. The predicted molar refractivity (Wildman–Crippen MR) is 86.4 cm³/mol. The quantitative estimate of drug-likeness (QED) is 0.883. The molecule has 0 radical (unpaired) electrons. The molecule has 1 aromatic heterocycles. The number of benzene rings is 1. The molecule has 110 valence electrons. The van der Waals surface area contributed by atoms with E-state index in [-0.39, 0.29) is 6.04 Å². The van der Waals surface area contributed by atoms with Crippen molar-refractivity contribution in [3.8, 4) is 11.3 Å². The zero-order valence-electron chi connectivity index (χ0n) is 11.4. The van der Waals surface area contributed by atoms with Crippen molar-refractivity contribution in [1.29, 1.82) is 0 Å². The number of hydrogen-bond acceptors (Lipinski definition) is 2. The van der Waals surface area contributed by atoms with Crippen LogP contribution in [0.2, 0.25) is 5.15 Å². The van der Waals surface area contributed by atoms with Crippen LogP contribution >= 0.6 is 27.5 Å². The molecule has 0 unspecified atom stereocenters. The summed E-state index contributed by atoms with van der Waals surface area (Å²) >= 11 is 9.77. The highest BCUT2D eigenvalue weighted by atomic mass is 79.9. The minimum absolute atomic E-state index is 0.264. The molecule has 0 aliphatic heterocycles. The van der Waals surface area contributed by atoms with Crippen molar-refractivity contribution in [3.63, 3.8) is 0 Å². The van der Waals surface area contributed by atoms with Gasteiger partial charge in [0.05, 0.1) is 6.04 Å². The molecule has 2 aromatic rings. The lowest BCUT2D eigenvalue weighted by Crippen LogP contribution is -2.12. The summed E-state index contributed by atoms with van der Waals surface area (Å²) in [7, 11) is 0. The Morgan fingerprint density at radius 1 is 1.29 bits per heavy atom. The number of carbonyl (C=O) groups excluding carboxylic acids is 1. The van der Waals surface area contributed by atoms with Gasteiger partial charge in [-0.15, -0.1) is 0 Å². The summed E-state index contributed by atoms with van der Waals surface area (Å²) in [5, 5.41) is 4.94. The molecule has 21 heavy (non-hydrogen) atoms. The Balaban J connectivity index is 2.12. The number of nitrogens with zero attached hydrogens (tertiary/aromatic N) is 2. The second-order valence-electron chi connectivity index (χ2n) is 5.27. The number of hydrogen-bond donors (Lipinski definition) is 1. The predicted octanol–water partition coefficient (Wildman–Crippen LogP) is 4.18. The highest BCUT2D eigenvalue weighted by Gasteiger charge is 2.27. The summed E-state index contributed by atoms with van der Waals surface area (Å²) in [4.78, 5) is 11.8. The van der Waals surface area contributed by atoms with Crippen LogP contribution in [0.4, 0.5) is 0 Å². The second kappa shape index (κ2) is 5.81. The number of amides is 1. The molecule has 4 nitrogen and oxygen atoms in total. The van der Waals surface area contributed by atoms with Gasteiger partial charge in [0.25, 0.3) is 5.91 Å². The number of aromatic nitrogens is 2. The fraction of sp³-hybridized carbons (Fsp3) is 0.333. The third kappa shape index (κ3) is 2.72. The zero-order valence-corrected chi connectivity index (χ0v) is 13.7. The van der Waals surface area contributed by atoms with Gasteiger partial charge >= 0.3 is 0 Å². The summed E-state index contributed by atoms with van der Waals surface area (Å²) in [5.41, 5.74) is 7.22. The third-order valence-electron chi connectivity index (χ3n) is 3.89. The van der Waals surface area contributed by atoms with Gasteiger partial charge in [-0.3, -0.25) is 4.79 Å². The second-order valence-corrected chi connectivity index (χ2v) is 6.54. The number of carbonyl (C=O) groups is 1. The first-order valence-corrected chi connectivity index (χ1v) is 8.09. The van der Waals surface area contributed by atoms with Crippen molar-refractivity contribution in [1.82, 2.24) is 9.78 Å². The highest BCUT2D eigenvalue weighted by molar-refractivity contribution is 9.10. The van der Waals surface area contributed by atoms with E-state index >= 15 is 0 Å². The molecule has 0 atom stereocenters. The number of halogens is 2. The molecule has 1 aromatic carbocycles. The van der Waals surface area contributed by atoms with E-state index in [0.29, 0.717) is 16.4 Å². The summed E-state index contributed by atoms with van der Waals surface area (Å²) in [6.45, 7) is 0. The maximum atomic E-state index is 11.8. The minimum atomic E-state index is -0.540. The molecular weight excluding hydrogens is 354 g/mol. The number of nitrogens with two attached hydrogens (primary N) is 1. The molecule has 0 saturated heterocycles. The van der Waals surface area contributed by atoms with Crippen LogP contribution in [-0.2, 0) is 0 Å². The Hall–Kier alpha value is -1.33. The lowest BCUT2D eigenvalue weighted by molar-refractivity contribution is 0.100. The number of rotatable bonds is 3. The molecule has 0 spiro atoms. The average Bonchev–Trinajstić information content (AvgIpc) is 3.06. The van der Waals surface area contributed by atoms with Crippen molar-refractivity contribution >= 4 is 33.4 Å². The minimum Gasteiger partial charge on any atom is -0.365 e. The molecule has 1 heterocycles. The summed E-state index contributed by atoms with van der Waals surface area (Å²) in [6, 6.07) is 7.87. The summed E-state index contributed by atoms with van der Waals surface area (Å²) in [6.07, 6.45) is 4.42. The molecule has 1 amide bonds. The van der Waals surface area contributed by atoms with Crippen LogP contribution in [0.5, 0.6) is 0 Å². The van der Waals surface area contributed by atoms with Crippen molar-refractivity contribution in [2.45, 2.75) is 31.7 Å². The van der Waals surface area contributed by atoms with E-state index in [9.17, 15) is 4.79 Å². The van der Waals surface area contributed by atoms with Crippen molar-refractivity contribution in [3.05, 3.63) is 39.5 Å². The van der Waals surface area contributed by atoms with E-state index in [1.54, 1.807) is 4.68 Å². The van der Waals surface area contributed by atoms with E-state index in [1.807, 2.05) is 24.3 Å². The lowest BCUT2D eigenvalue weighted by atomic mass is 10.1. The van der Waals surface area contributed by atoms with E-state index < -0.39 is 5.91 Å². The van der Waals surface area contributed by atoms with Crippen LogP contribution in [0, 0.1) is 0 Å².